The summed E-state index contributed by atoms with van der Waals surface area (Å²) in [7, 11) is 1.03. The summed E-state index contributed by atoms with van der Waals surface area (Å²) < 4.78 is 79.3. The fourth-order valence-corrected chi connectivity index (χ4v) is 1.31. The van der Waals surface area contributed by atoms with E-state index in [0.717, 1.165) is 19.3 Å². The second kappa shape index (κ2) is 5.56. The average molecular weight is 298 g/mol. The first-order chi connectivity index (χ1) is 9.04. The molecule has 0 unspecified atom stereocenters. The van der Waals surface area contributed by atoms with E-state index in [1.54, 1.807) is 0 Å². The predicted molar refractivity (Wildman–Crippen MR) is 57.5 cm³/mol. The number of methoxy groups -OCH3 is 1. The number of alkyl halides is 6. The summed E-state index contributed by atoms with van der Waals surface area (Å²) >= 11 is 0. The average Bonchev–Trinajstić information content (AvgIpc) is 2.33. The summed E-state index contributed by atoms with van der Waals surface area (Å²) in [6, 6.07) is 1.03. The van der Waals surface area contributed by atoms with E-state index in [1.165, 1.54) is 0 Å². The lowest BCUT2D eigenvalue weighted by atomic mass is 10.0. The highest BCUT2D eigenvalue weighted by atomic mass is 19.4. The summed E-state index contributed by atoms with van der Waals surface area (Å²) in [5, 5.41) is 0. The normalized spacial score (nSPS) is 12.8. The van der Waals surface area contributed by atoms with Gasteiger partial charge in [-0.05, 0) is 29.8 Å². The number of hydrogen-bond donors (Lipinski definition) is 0. The Hall–Kier alpha value is -1.99. The van der Waals surface area contributed by atoms with Gasteiger partial charge >= 0.3 is 18.3 Å². The molecule has 8 heteroatoms. The van der Waals surface area contributed by atoms with Gasteiger partial charge in [0.2, 0.25) is 0 Å². The van der Waals surface area contributed by atoms with Crippen LogP contribution in [-0.4, -0.2) is 13.1 Å². The Balaban J connectivity index is 3.31. The van der Waals surface area contributed by atoms with E-state index in [-0.39, 0.29) is 6.07 Å². The number of carbonyl (C=O) groups excluding carboxylic acids is 1. The fourth-order valence-electron chi connectivity index (χ4n) is 1.31. The Morgan fingerprint density at radius 2 is 1.45 bits per heavy atom. The van der Waals surface area contributed by atoms with E-state index < -0.39 is 35.0 Å². The van der Waals surface area contributed by atoms with E-state index in [9.17, 15) is 31.1 Å². The molecule has 0 saturated heterocycles. The van der Waals surface area contributed by atoms with E-state index in [4.69, 9.17) is 0 Å². The van der Waals surface area contributed by atoms with Gasteiger partial charge in [-0.15, -0.1) is 0 Å². The van der Waals surface area contributed by atoms with Gasteiger partial charge in [0.25, 0.3) is 0 Å². The van der Waals surface area contributed by atoms with Crippen LogP contribution >= 0.6 is 0 Å². The molecule has 0 fully saturated rings. The molecule has 0 aliphatic heterocycles. The largest absolute Gasteiger partial charge is 0.466 e. The van der Waals surface area contributed by atoms with Crippen LogP contribution in [-0.2, 0) is 21.9 Å². The smallest absolute Gasteiger partial charge is 0.416 e. The van der Waals surface area contributed by atoms with Crippen LogP contribution in [0.15, 0.2) is 24.3 Å². The SMILES string of the molecule is COC(=O)/C=C/c1cc(C(F)(F)F)cc(C(F)(F)F)c1. The molecule has 0 amide bonds. The zero-order valence-electron chi connectivity index (χ0n) is 9.97. The highest BCUT2D eigenvalue weighted by molar-refractivity contribution is 5.87. The first-order valence-corrected chi connectivity index (χ1v) is 5.09. The number of halogens is 6. The highest BCUT2D eigenvalue weighted by Gasteiger charge is 2.36. The molecule has 0 N–H and O–H groups in total. The molecule has 0 saturated carbocycles. The van der Waals surface area contributed by atoms with Crippen LogP contribution in [0.5, 0.6) is 0 Å². The van der Waals surface area contributed by atoms with Crippen molar-refractivity contribution < 1.29 is 35.9 Å². The molecule has 0 atom stereocenters. The van der Waals surface area contributed by atoms with Gasteiger partial charge in [-0.25, -0.2) is 4.79 Å². The minimum absolute atomic E-state index is 0.00941. The van der Waals surface area contributed by atoms with E-state index >= 15 is 0 Å². The molecule has 1 rings (SSSR count). The number of carbonyl (C=O) groups is 1. The van der Waals surface area contributed by atoms with Crippen LogP contribution in [0.25, 0.3) is 6.08 Å². The Morgan fingerprint density at radius 3 is 1.80 bits per heavy atom. The zero-order chi connectivity index (χ0) is 15.6. The van der Waals surface area contributed by atoms with Gasteiger partial charge in [-0.3, -0.25) is 0 Å². The summed E-state index contributed by atoms with van der Waals surface area (Å²) in [6.07, 6.45) is -8.30. The minimum Gasteiger partial charge on any atom is -0.466 e. The van der Waals surface area contributed by atoms with Crippen molar-refractivity contribution in [2.24, 2.45) is 0 Å². The van der Waals surface area contributed by atoms with Crippen LogP contribution in [0.2, 0.25) is 0 Å². The quantitative estimate of drug-likeness (QED) is 0.470. The Bertz CT molecular complexity index is 495. The van der Waals surface area contributed by atoms with Crippen molar-refractivity contribution >= 4 is 12.0 Å². The molecule has 0 spiro atoms. The molecule has 0 aliphatic rings. The minimum atomic E-state index is -4.92. The van der Waals surface area contributed by atoms with E-state index in [1.807, 2.05) is 0 Å². The van der Waals surface area contributed by atoms with Crippen molar-refractivity contribution in [1.82, 2.24) is 0 Å². The first-order valence-electron chi connectivity index (χ1n) is 5.09. The molecule has 0 aliphatic carbocycles. The lowest BCUT2D eigenvalue weighted by Crippen LogP contribution is -2.11. The van der Waals surface area contributed by atoms with Crippen molar-refractivity contribution in [3.8, 4) is 0 Å². The number of esters is 1. The maximum absolute atomic E-state index is 12.5. The maximum Gasteiger partial charge on any atom is 0.416 e. The van der Waals surface area contributed by atoms with Gasteiger partial charge in [-0.1, -0.05) is 0 Å². The van der Waals surface area contributed by atoms with E-state index in [0.29, 0.717) is 12.1 Å². The summed E-state index contributed by atoms with van der Waals surface area (Å²) in [6.45, 7) is 0. The molecule has 1 aromatic rings. The van der Waals surface area contributed by atoms with Crippen molar-refractivity contribution in [3.05, 3.63) is 41.0 Å². The van der Waals surface area contributed by atoms with Gasteiger partial charge in [-0.2, -0.15) is 26.3 Å². The van der Waals surface area contributed by atoms with Crippen LogP contribution in [0.1, 0.15) is 16.7 Å². The number of rotatable bonds is 2. The molecule has 0 bridgehead atoms. The number of hydrogen-bond acceptors (Lipinski definition) is 2. The molecule has 0 radical (unpaired) electrons. The molecular formula is C12H8F6O2. The summed E-state index contributed by atoms with van der Waals surface area (Å²) in [5.41, 5.74) is -3.30. The van der Waals surface area contributed by atoms with Crippen molar-refractivity contribution in [2.75, 3.05) is 7.11 Å². The topological polar surface area (TPSA) is 26.3 Å². The van der Waals surface area contributed by atoms with Gasteiger partial charge in [0.15, 0.2) is 0 Å². The summed E-state index contributed by atoms with van der Waals surface area (Å²) in [4.78, 5) is 10.8. The van der Waals surface area contributed by atoms with E-state index in [2.05, 4.69) is 4.74 Å². The van der Waals surface area contributed by atoms with Gasteiger partial charge in [0.1, 0.15) is 0 Å². The molecule has 0 aromatic heterocycles. The Labute approximate surface area is 109 Å². The third-order valence-corrected chi connectivity index (χ3v) is 2.22. The molecule has 0 heterocycles. The van der Waals surface area contributed by atoms with Gasteiger partial charge < -0.3 is 4.74 Å². The third kappa shape index (κ3) is 4.29. The monoisotopic (exact) mass is 298 g/mol. The predicted octanol–water partition coefficient (Wildman–Crippen LogP) is 3.91. The second-order valence-corrected chi connectivity index (χ2v) is 3.70. The maximum atomic E-state index is 12.5. The molecule has 20 heavy (non-hydrogen) atoms. The van der Waals surface area contributed by atoms with Crippen LogP contribution < -0.4 is 0 Å². The summed E-state index contributed by atoms with van der Waals surface area (Å²) in [5.74, 6) is -0.893. The lowest BCUT2D eigenvalue weighted by molar-refractivity contribution is -0.143. The fraction of sp³-hybridized carbons (Fsp3) is 0.250. The highest BCUT2D eigenvalue weighted by Crippen LogP contribution is 2.36. The van der Waals surface area contributed by atoms with Crippen LogP contribution in [0, 0.1) is 0 Å². The molecule has 1 aromatic carbocycles. The van der Waals surface area contributed by atoms with Gasteiger partial charge in [0.05, 0.1) is 18.2 Å². The Morgan fingerprint density at radius 1 is 1.00 bits per heavy atom. The molecular weight excluding hydrogens is 290 g/mol. The van der Waals surface area contributed by atoms with Crippen molar-refractivity contribution in [2.45, 2.75) is 12.4 Å². The third-order valence-electron chi connectivity index (χ3n) is 2.22. The zero-order valence-corrected chi connectivity index (χ0v) is 9.97. The standard InChI is InChI=1S/C12H8F6O2/c1-20-10(19)3-2-7-4-8(11(13,14)15)6-9(5-7)12(16,17)18/h2-6H,1H3/b3-2+. The van der Waals surface area contributed by atoms with Gasteiger partial charge in [0, 0.05) is 6.08 Å². The first kappa shape index (κ1) is 16.1. The van der Waals surface area contributed by atoms with Crippen LogP contribution in [0.4, 0.5) is 26.3 Å². The lowest BCUT2D eigenvalue weighted by Gasteiger charge is -2.12. The van der Waals surface area contributed by atoms with Crippen molar-refractivity contribution in [3.63, 3.8) is 0 Å². The number of benzene rings is 1. The Kier molecular flexibility index (Phi) is 4.46. The molecule has 2 nitrogen and oxygen atoms in total. The van der Waals surface area contributed by atoms with Crippen LogP contribution in [0.3, 0.4) is 0 Å². The second-order valence-electron chi connectivity index (χ2n) is 3.70. The molecule has 110 valence electrons. The number of ether oxygens (including phenoxy) is 1. The van der Waals surface area contributed by atoms with Crippen molar-refractivity contribution in [1.29, 1.82) is 0 Å².